The van der Waals surface area contributed by atoms with Crippen molar-refractivity contribution in [2.45, 2.75) is 26.4 Å². The summed E-state index contributed by atoms with van der Waals surface area (Å²) in [7, 11) is 0. The highest BCUT2D eigenvalue weighted by molar-refractivity contribution is 7.09. The molecule has 0 spiro atoms. The minimum absolute atomic E-state index is 0.0259. The number of imidazole rings is 1. The van der Waals surface area contributed by atoms with Crippen LogP contribution in [0, 0.1) is 0 Å². The third kappa shape index (κ3) is 4.95. The van der Waals surface area contributed by atoms with E-state index in [2.05, 4.69) is 33.1 Å². The van der Waals surface area contributed by atoms with E-state index in [1.54, 1.807) is 11.3 Å². The summed E-state index contributed by atoms with van der Waals surface area (Å²) in [6.07, 6.45) is 4.51. The Kier molecular flexibility index (Phi) is 6.44. The Labute approximate surface area is 158 Å². The van der Waals surface area contributed by atoms with Gasteiger partial charge in [0, 0.05) is 43.3 Å². The van der Waals surface area contributed by atoms with E-state index in [0.29, 0.717) is 26.1 Å². The van der Waals surface area contributed by atoms with Crippen molar-refractivity contribution in [1.29, 1.82) is 0 Å². The fraction of sp³-hybridized carbons (Fsp3) is 0.300. The molecule has 2 amide bonds. The van der Waals surface area contributed by atoms with Crippen LogP contribution in [-0.4, -0.2) is 33.6 Å². The maximum absolute atomic E-state index is 12.4. The molecule has 0 saturated heterocycles. The Balaban J connectivity index is 1.50. The third-order valence-corrected chi connectivity index (χ3v) is 5.08. The van der Waals surface area contributed by atoms with Crippen LogP contribution in [0.1, 0.15) is 23.2 Å². The number of thiophene rings is 1. The smallest absolute Gasteiger partial charge is 0.317 e. The van der Waals surface area contributed by atoms with Crippen LogP contribution < -0.4 is 5.32 Å². The van der Waals surface area contributed by atoms with E-state index in [0.717, 1.165) is 12.4 Å². The highest BCUT2D eigenvalue weighted by atomic mass is 32.1. The standard InChI is InChI=1S/C20H24N4OS/c1-2-23(16-18-9-6-14-26-18)20(25)22-11-10-19-21-12-13-24(19)15-17-7-4-3-5-8-17/h3-9,12-14H,2,10-11,15-16H2,1H3,(H,22,25). The number of carbonyl (C=O) groups excluding carboxylic acids is 1. The summed E-state index contributed by atoms with van der Waals surface area (Å²) < 4.78 is 2.13. The van der Waals surface area contributed by atoms with Gasteiger partial charge in [0.2, 0.25) is 0 Å². The minimum Gasteiger partial charge on any atom is -0.338 e. The molecule has 5 nitrogen and oxygen atoms in total. The molecule has 1 N–H and O–H groups in total. The van der Waals surface area contributed by atoms with E-state index >= 15 is 0 Å². The largest absolute Gasteiger partial charge is 0.338 e. The summed E-state index contributed by atoms with van der Waals surface area (Å²) in [5.41, 5.74) is 1.24. The van der Waals surface area contributed by atoms with Crippen molar-refractivity contribution in [1.82, 2.24) is 19.8 Å². The Morgan fingerprint density at radius 1 is 1.23 bits per heavy atom. The van der Waals surface area contributed by atoms with Gasteiger partial charge in [-0.05, 0) is 23.9 Å². The van der Waals surface area contributed by atoms with Gasteiger partial charge in [-0.25, -0.2) is 9.78 Å². The van der Waals surface area contributed by atoms with Crippen LogP contribution in [0.25, 0.3) is 0 Å². The number of rotatable bonds is 8. The van der Waals surface area contributed by atoms with Gasteiger partial charge in [-0.2, -0.15) is 0 Å². The Morgan fingerprint density at radius 3 is 2.81 bits per heavy atom. The second-order valence-corrected chi connectivity index (χ2v) is 7.06. The van der Waals surface area contributed by atoms with Gasteiger partial charge >= 0.3 is 6.03 Å². The minimum atomic E-state index is -0.0259. The van der Waals surface area contributed by atoms with Crippen molar-refractivity contribution in [2.75, 3.05) is 13.1 Å². The molecule has 3 aromatic rings. The van der Waals surface area contributed by atoms with Gasteiger partial charge in [-0.1, -0.05) is 36.4 Å². The molecular weight excluding hydrogens is 344 g/mol. The van der Waals surface area contributed by atoms with E-state index in [-0.39, 0.29) is 6.03 Å². The van der Waals surface area contributed by atoms with Crippen LogP contribution in [0.15, 0.2) is 60.2 Å². The van der Waals surface area contributed by atoms with E-state index in [1.807, 2.05) is 53.9 Å². The molecule has 0 fully saturated rings. The number of urea groups is 1. The summed E-state index contributed by atoms with van der Waals surface area (Å²) in [5, 5.41) is 5.05. The monoisotopic (exact) mass is 368 g/mol. The Bertz CT molecular complexity index is 798. The first-order chi connectivity index (χ1) is 12.8. The number of aromatic nitrogens is 2. The number of hydrogen-bond acceptors (Lipinski definition) is 3. The summed E-state index contributed by atoms with van der Waals surface area (Å²) in [6, 6.07) is 14.4. The summed E-state index contributed by atoms with van der Waals surface area (Å²) >= 11 is 1.67. The molecule has 0 radical (unpaired) electrons. The quantitative estimate of drug-likeness (QED) is 0.658. The lowest BCUT2D eigenvalue weighted by molar-refractivity contribution is 0.198. The van der Waals surface area contributed by atoms with Crippen molar-refractivity contribution < 1.29 is 4.79 Å². The van der Waals surface area contributed by atoms with Gasteiger partial charge in [0.25, 0.3) is 0 Å². The van der Waals surface area contributed by atoms with Crippen LogP contribution in [0.4, 0.5) is 4.79 Å². The van der Waals surface area contributed by atoms with E-state index < -0.39 is 0 Å². The molecule has 0 saturated carbocycles. The van der Waals surface area contributed by atoms with Crippen LogP contribution in [0.5, 0.6) is 0 Å². The third-order valence-electron chi connectivity index (χ3n) is 4.22. The van der Waals surface area contributed by atoms with E-state index in [4.69, 9.17) is 0 Å². The van der Waals surface area contributed by atoms with Crippen LogP contribution in [0.2, 0.25) is 0 Å². The van der Waals surface area contributed by atoms with Gasteiger partial charge in [-0.15, -0.1) is 11.3 Å². The van der Waals surface area contributed by atoms with Gasteiger partial charge < -0.3 is 14.8 Å². The van der Waals surface area contributed by atoms with Crippen molar-refractivity contribution >= 4 is 17.4 Å². The number of hydrogen-bond donors (Lipinski definition) is 1. The predicted octanol–water partition coefficient (Wildman–Crippen LogP) is 3.77. The molecule has 1 aromatic carbocycles. The lowest BCUT2D eigenvalue weighted by atomic mass is 10.2. The van der Waals surface area contributed by atoms with E-state index in [9.17, 15) is 4.79 Å². The van der Waals surface area contributed by atoms with Crippen LogP contribution >= 0.6 is 11.3 Å². The molecule has 0 aliphatic heterocycles. The summed E-state index contributed by atoms with van der Waals surface area (Å²) in [5.74, 6) is 0.982. The zero-order valence-corrected chi connectivity index (χ0v) is 15.8. The maximum Gasteiger partial charge on any atom is 0.317 e. The van der Waals surface area contributed by atoms with Gasteiger partial charge in [0.1, 0.15) is 5.82 Å². The van der Waals surface area contributed by atoms with Crippen molar-refractivity contribution in [3.05, 3.63) is 76.5 Å². The molecule has 2 heterocycles. The second kappa shape index (κ2) is 9.20. The fourth-order valence-corrected chi connectivity index (χ4v) is 3.52. The highest BCUT2D eigenvalue weighted by Crippen LogP contribution is 2.12. The Morgan fingerprint density at radius 2 is 2.08 bits per heavy atom. The number of amides is 2. The van der Waals surface area contributed by atoms with E-state index in [1.165, 1.54) is 10.4 Å². The topological polar surface area (TPSA) is 50.2 Å². The first kappa shape index (κ1) is 18.2. The van der Waals surface area contributed by atoms with Crippen molar-refractivity contribution in [3.63, 3.8) is 0 Å². The number of nitrogens with one attached hydrogen (secondary N) is 1. The normalized spacial score (nSPS) is 10.7. The molecule has 0 atom stereocenters. The molecule has 0 unspecified atom stereocenters. The first-order valence-electron chi connectivity index (χ1n) is 8.85. The molecule has 0 aliphatic carbocycles. The van der Waals surface area contributed by atoms with Crippen molar-refractivity contribution in [2.24, 2.45) is 0 Å². The Hall–Kier alpha value is -2.60. The zero-order valence-electron chi connectivity index (χ0n) is 15.0. The summed E-state index contributed by atoms with van der Waals surface area (Å²) in [6.45, 7) is 4.71. The number of nitrogens with zero attached hydrogens (tertiary/aromatic N) is 3. The lowest BCUT2D eigenvalue weighted by Gasteiger charge is -2.20. The molecule has 136 valence electrons. The maximum atomic E-state index is 12.4. The molecular formula is C20H24N4OS. The molecule has 26 heavy (non-hydrogen) atoms. The lowest BCUT2D eigenvalue weighted by Crippen LogP contribution is -2.40. The average molecular weight is 369 g/mol. The number of benzene rings is 1. The molecule has 2 aromatic heterocycles. The number of carbonyl (C=O) groups is 1. The average Bonchev–Trinajstić information content (AvgIpc) is 3.33. The van der Waals surface area contributed by atoms with Gasteiger partial charge in [-0.3, -0.25) is 0 Å². The highest BCUT2D eigenvalue weighted by Gasteiger charge is 2.12. The van der Waals surface area contributed by atoms with Crippen LogP contribution in [-0.2, 0) is 19.5 Å². The van der Waals surface area contributed by atoms with Gasteiger partial charge in [0.15, 0.2) is 0 Å². The zero-order chi connectivity index (χ0) is 18.2. The molecule has 0 bridgehead atoms. The molecule has 3 rings (SSSR count). The fourth-order valence-electron chi connectivity index (χ4n) is 2.80. The second-order valence-electron chi connectivity index (χ2n) is 6.03. The summed E-state index contributed by atoms with van der Waals surface area (Å²) in [4.78, 5) is 19.8. The first-order valence-corrected chi connectivity index (χ1v) is 9.73. The van der Waals surface area contributed by atoms with Gasteiger partial charge in [0.05, 0.1) is 6.54 Å². The van der Waals surface area contributed by atoms with Crippen molar-refractivity contribution in [3.8, 4) is 0 Å². The molecule has 6 heteroatoms. The predicted molar refractivity (Wildman–Crippen MR) is 105 cm³/mol. The van der Waals surface area contributed by atoms with Crippen LogP contribution in [0.3, 0.4) is 0 Å². The SMILES string of the molecule is CCN(Cc1cccs1)C(=O)NCCc1nccn1Cc1ccccc1. The molecule has 0 aliphatic rings.